The Morgan fingerprint density at radius 2 is 0.532 bits per heavy atom. The molecule has 0 fully saturated rings. The minimum absolute atomic E-state index is 0.105. The highest BCUT2D eigenvalue weighted by atomic mass is 16.6. The zero-order valence-corrected chi connectivity index (χ0v) is 51.0. The number of allylic oxidation sites excluding steroid dienone is 14. The van der Waals surface area contributed by atoms with E-state index in [1.807, 2.05) is 6.08 Å². The van der Waals surface area contributed by atoms with Gasteiger partial charge in [0.1, 0.15) is 13.2 Å². The Bertz CT molecular complexity index is 1470. The van der Waals surface area contributed by atoms with Crippen LogP contribution < -0.4 is 0 Å². The van der Waals surface area contributed by atoms with Crippen LogP contribution in [0.25, 0.3) is 0 Å². The molecular weight excluding hydrogens is 949 g/mol. The smallest absolute Gasteiger partial charge is 0.306 e. The second kappa shape index (κ2) is 65.1. The Morgan fingerprint density at radius 3 is 0.844 bits per heavy atom. The molecule has 0 N–H and O–H groups in total. The van der Waals surface area contributed by atoms with Crippen LogP contribution in [0.1, 0.15) is 329 Å². The van der Waals surface area contributed by atoms with Crippen molar-refractivity contribution in [2.24, 2.45) is 0 Å². The van der Waals surface area contributed by atoms with E-state index in [0.29, 0.717) is 19.3 Å². The van der Waals surface area contributed by atoms with Gasteiger partial charge in [-0.1, -0.05) is 311 Å². The van der Waals surface area contributed by atoms with Crippen LogP contribution in [0.3, 0.4) is 0 Å². The molecule has 0 spiro atoms. The molecule has 0 radical (unpaired) electrons. The topological polar surface area (TPSA) is 78.9 Å². The van der Waals surface area contributed by atoms with Crippen molar-refractivity contribution >= 4 is 17.9 Å². The van der Waals surface area contributed by atoms with Gasteiger partial charge in [0.2, 0.25) is 0 Å². The summed E-state index contributed by atoms with van der Waals surface area (Å²) in [7, 11) is 0. The maximum absolute atomic E-state index is 12.9. The van der Waals surface area contributed by atoms with Crippen LogP contribution in [0, 0.1) is 0 Å². The van der Waals surface area contributed by atoms with Crippen LogP contribution in [-0.4, -0.2) is 37.2 Å². The summed E-state index contributed by atoms with van der Waals surface area (Å²) in [5.41, 5.74) is 0. The molecule has 1 unspecified atom stereocenters. The monoisotopic (exact) mass is 1070 g/mol. The van der Waals surface area contributed by atoms with Crippen LogP contribution in [0.15, 0.2) is 85.1 Å². The van der Waals surface area contributed by atoms with Crippen LogP contribution in [0.2, 0.25) is 0 Å². The van der Waals surface area contributed by atoms with Crippen molar-refractivity contribution in [2.75, 3.05) is 13.2 Å². The van der Waals surface area contributed by atoms with Crippen LogP contribution in [-0.2, 0) is 28.6 Å². The first kappa shape index (κ1) is 73.6. The third-order valence-electron chi connectivity index (χ3n) is 14.4. The summed E-state index contributed by atoms with van der Waals surface area (Å²) < 4.78 is 16.9. The number of unbranched alkanes of at least 4 members (excludes halogenated alkanes) is 35. The fourth-order valence-corrected chi connectivity index (χ4v) is 9.47. The molecule has 0 aliphatic heterocycles. The molecule has 0 heterocycles. The molecule has 444 valence electrons. The molecule has 77 heavy (non-hydrogen) atoms. The van der Waals surface area contributed by atoms with Crippen LogP contribution in [0.5, 0.6) is 0 Å². The molecular formula is C71H124O6. The maximum Gasteiger partial charge on any atom is 0.306 e. The van der Waals surface area contributed by atoms with Crippen molar-refractivity contribution in [1.29, 1.82) is 0 Å². The molecule has 0 saturated carbocycles. The lowest BCUT2D eigenvalue weighted by atomic mass is 10.0. The van der Waals surface area contributed by atoms with Crippen LogP contribution in [0.4, 0.5) is 0 Å². The average molecular weight is 1070 g/mol. The van der Waals surface area contributed by atoms with Gasteiger partial charge in [-0.05, 0) is 83.5 Å². The van der Waals surface area contributed by atoms with Gasteiger partial charge >= 0.3 is 17.9 Å². The van der Waals surface area contributed by atoms with E-state index in [1.54, 1.807) is 0 Å². The van der Waals surface area contributed by atoms with Gasteiger partial charge in [0.25, 0.3) is 0 Å². The first-order valence-corrected chi connectivity index (χ1v) is 33.1. The maximum atomic E-state index is 12.9. The minimum atomic E-state index is -0.819. The number of hydrogen-bond donors (Lipinski definition) is 0. The van der Waals surface area contributed by atoms with Gasteiger partial charge in [0.15, 0.2) is 6.10 Å². The lowest BCUT2D eigenvalue weighted by Crippen LogP contribution is -2.30. The van der Waals surface area contributed by atoms with E-state index in [4.69, 9.17) is 14.2 Å². The van der Waals surface area contributed by atoms with E-state index in [0.717, 1.165) is 77.0 Å². The van der Waals surface area contributed by atoms with Gasteiger partial charge in [-0.3, -0.25) is 14.4 Å². The van der Waals surface area contributed by atoms with E-state index < -0.39 is 6.10 Å². The van der Waals surface area contributed by atoms with Gasteiger partial charge in [-0.25, -0.2) is 0 Å². The number of carbonyl (C=O) groups is 3. The predicted molar refractivity (Wildman–Crippen MR) is 334 cm³/mol. The average Bonchev–Trinajstić information content (AvgIpc) is 3.43. The molecule has 0 amide bonds. The summed E-state index contributed by atoms with van der Waals surface area (Å²) in [6.07, 6.45) is 86.1. The van der Waals surface area contributed by atoms with Gasteiger partial charge in [-0.15, -0.1) is 0 Å². The summed E-state index contributed by atoms with van der Waals surface area (Å²) in [4.78, 5) is 38.3. The van der Waals surface area contributed by atoms with Crippen molar-refractivity contribution < 1.29 is 28.6 Å². The van der Waals surface area contributed by atoms with E-state index in [-0.39, 0.29) is 37.5 Å². The molecule has 0 rings (SSSR count). The largest absolute Gasteiger partial charge is 0.462 e. The van der Waals surface area contributed by atoms with E-state index in [9.17, 15) is 14.4 Å². The second-order valence-corrected chi connectivity index (χ2v) is 22.0. The summed E-state index contributed by atoms with van der Waals surface area (Å²) in [6.45, 7) is 6.50. The third kappa shape index (κ3) is 63.3. The molecule has 0 aliphatic carbocycles. The number of hydrogen-bond acceptors (Lipinski definition) is 6. The lowest BCUT2D eigenvalue weighted by molar-refractivity contribution is -0.166. The SMILES string of the molecule is CC/C=C\C/C=C\C/C=C\C/C=C\C/C=C\C/C=C\CCC(=O)OC(COC(=O)CCCCCCCCC/C=C\CCCCCCCC)COC(=O)CCCCCCCCCCCCCCCCCCCCCCCCC. The standard InChI is InChI=1S/C71H124O6/c1-4-7-10-13-16-19-22-25-28-31-33-34-35-36-38-40-43-46-49-52-55-58-61-64-70(73)76-67-68(66-75-69(72)63-60-57-54-51-48-45-42-39-30-27-24-21-18-15-12-9-6-3)77-71(74)65-62-59-56-53-50-47-44-41-37-32-29-26-23-20-17-14-11-8-5-2/h8,11,17,20,26-27,29-30,37,41,47,50,56,59,68H,4-7,9-10,12-16,18-19,21-25,28,31-36,38-40,42-46,48-49,51-55,57-58,60-67H2,1-3H3/b11-8-,20-17-,29-26-,30-27-,41-37-,50-47-,59-56-. The minimum Gasteiger partial charge on any atom is -0.462 e. The van der Waals surface area contributed by atoms with Crippen molar-refractivity contribution in [3.05, 3.63) is 85.1 Å². The molecule has 0 aromatic rings. The molecule has 1 atom stereocenters. The number of carbonyl (C=O) groups excluding carboxylic acids is 3. The second-order valence-electron chi connectivity index (χ2n) is 22.0. The van der Waals surface area contributed by atoms with Gasteiger partial charge in [-0.2, -0.15) is 0 Å². The van der Waals surface area contributed by atoms with E-state index >= 15 is 0 Å². The van der Waals surface area contributed by atoms with Crippen molar-refractivity contribution in [3.63, 3.8) is 0 Å². The Hall–Kier alpha value is -3.41. The fraction of sp³-hybridized carbons (Fsp3) is 0.761. The number of ether oxygens (including phenoxy) is 3. The highest BCUT2D eigenvalue weighted by Gasteiger charge is 2.19. The molecule has 0 saturated heterocycles. The van der Waals surface area contributed by atoms with Crippen LogP contribution >= 0.6 is 0 Å². The molecule has 0 aromatic carbocycles. The highest BCUT2D eigenvalue weighted by Crippen LogP contribution is 2.17. The zero-order valence-electron chi connectivity index (χ0n) is 51.0. The first-order valence-electron chi connectivity index (χ1n) is 33.1. The predicted octanol–water partition coefficient (Wildman–Crippen LogP) is 22.7. The summed E-state index contributed by atoms with van der Waals surface area (Å²) >= 11 is 0. The Morgan fingerprint density at radius 1 is 0.273 bits per heavy atom. The molecule has 0 aliphatic rings. The quantitative estimate of drug-likeness (QED) is 0.0261. The van der Waals surface area contributed by atoms with Gasteiger partial charge in [0, 0.05) is 19.3 Å². The molecule has 6 heteroatoms. The highest BCUT2D eigenvalue weighted by molar-refractivity contribution is 5.71. The van der Waals surface area contributed by atoms with E-state index in [2.05, 4.69) is 99.8 Å². The lowest BCUT2D eigenvalue weighted by Gasteiger charge is -2.18. The molecule has 6 nitrogen and oxygen atoms in total. The third-order valence-corrected chi connectivity index (χ3v) is 14.4. The summed E-state index contributed by atoms with van der Waals surface area (Å²) in [5, 5.41) is 0. The normalized spacial score (nSPS) is 12.6. The van der Waals surface area contributed by atoms with Gasteiger partial charge in [0.05, 0.1) is 0 Å². The number of esters is 3. The Kier molecular flexibility index (Phi) is 62.2. The summed E-state index contributed by atoms with van der Waals surface area (Å²) in [5.74, 6) is -0.979. The van der Waals surface area contributed by atoms with Crippen molar-refractivity contribution in [3.8, 4) is 0 Å². The zero-order chi connectivity index (χ0) is 55.7. The summed E-state index contributed by atoms with van der Waals surface area (Å²) in [6, 6.07) is 0. The van der Waals surface area contributed by atoms with Gasteiger partial charge < -0.3 is 14.2 Å². The number of rotatable bonds is 60. The Balaban J connectivity index is 4.42. The fourth-order valence-electron chi connectivity index (χ4n) is 9.47. The molecule has 0 bridgehead atoms. The van der Waals surface area contributed by atoms with E-state index in [1.165, 1.54) is 205 Å². The van der Waals surface area contributed by atoms with Crippen molar-refractivity contribution in [1.82, 2.24) is 0 Å². The molecule has 0 aromatic heterocycles. The Labute approximate surface area is 477 Å². The van der Waals surface area contributed by atoms with Crippen molar-refractivity contribution in [2.45, 2.75) is 335 Å². The first-order chi connectivity index (χ1) is 38.0.